The van der Waals surface area contributed by atoms with Crippen molar-refractivity contribution in [2.24, 2.45) is 0 Å². The molecule has 1 amide bonds. The summed E-state index contributed by atoms with van der Waals surface area (Å²) in [6.45, 7) is 3.00. The molecule has 3 rings (SSSR count). The Kier molecular flexibility index (Phi) is 4.74. The fourth-order valence-electron chi connectivity index (χ4n) is 3.27. The van der Waals surface area contributed by atoms with Gasteiger partial charge in [0.15, 0.2) is 0 Å². The first-order chi connectivity index (χ1) is 11.6. The van der Waals surface area contributed by atoms with E-state index in [0.717, 1.165) is 42.0 Å². The first-order valence-corrected chi connectivity index (χ1v) is 8.13. The Balaban J connectivity index is 1.81. The topological polar surface area (TPSA) is 56.6 Å². The number of likely N-dealkylation sites (tertiary alicyclic amines) is 1. The number of rotatable bonds is 5. The molecule has 24 heavy (non-hydrogen) atoms. The number of carbonyl (C=O) groups is 1. The van der Waals surface area contributed by atoms with Gasteiger partial charge in [-0.15, -0.1) is 0 Å². The molecule has 0 saturated carbocycles. The van der Waals surface area contributed by atoms with Crippen LogP contribution in [-0.4, -0.2) is 41.4 Å². The zero-order valence-corrected chi connectivity index (χ0v) is 14.4. The van der Waals surface area contributed by atoms with Crippen LogP contribution in [0.3, 0.4) is 0 Å². The van der Waals surface area contributed by atoms with Gasteiger partial charge in [-0.3, -0.25) is 9.48 Å². The lowest BCUT2D eigenvalue weighted by Gasteiger charge is -2.26. The molecule has 1 aromatic heterocycles. The minimum atomic E-state index is 0.0371. The highest BCUT2D eigenvalue weighted by atomic mass is 16.5. The van der Waals surface area contributed by atoms with Crippen LogP contribution >= 0.6 is 0 Å². The molecule has 1 saturated heterocycles. The molecule has 2 heterocycles. The molecule has 1 aliphatic rings. The lowest BCUT2D eigenvalue weighted by Crippen LogP contribution is -2.33. The molecule has 2 aromatic rings. The average molecular weight is 329 g/mol. The SMILES string of the molecule is COc1ccc(C2CCCN2C(=O)Cn2cc(C)cn2)c(OC)c1. The standard InChI is InChI=1S/C18H23N3O3/c1-13-10-19-20(11-13)12-18(22)21-8-4-5-16(21)15-7-6-14(23-2)9-17(15)24-3/h6-7,9-11,16H,4-5,8,12H2,1-3H3. The van der Waals surface area contributed by atoms with Gasteiger partial charge in [0.05, 0.1) is 26.5 Å². The molecule has 0 aliphatic carbocycles. The van der Waals surface area contributed by atoms with Crippen molar-refractivity contribution in [1.29, 1.82) is 0 Å². The maximum atomic E-state index is 12.7. The molecular formula is C18H23N3O3. The third-order valence-corrected chi connectivity index (χ3v) is 4.43. The largest absolute Gasteiger partial charge is 0.497 e. The third-order valence-electron chi connectivity index (χ3n) is 4.43. The number of hydrogen-bond donors (Lipinski definition) is 0. The van der Waals surface area contributed by atoms with Crippen LogP contribution in [0.15, 0.2) is 30.6 Å². The van der Waals surface area contributed by atoms with E-state index in [0.29, 0.717) is 0 Å². The number of ether oxygens (including phenoxy) is 2. The summed E-state index contributed by atoms with van der Waals surface area (Å²) in [5, 5.41) is 4.21. The maximum absolute atomic E-state index is 12.7. The third kappa shape index (κ3) is 3.22. The van der Waals surface area contributed by atoms with E-state index in [1.54, 1.807) is 25.1 Å². The first kappa shape index (κ1) is 16.4. The van der Waals surface area contributed by atoms with Crippen LogP contribution in [0, 0.1) is 6.92 Å². The van der Waals surface area contributed by atoms with Crippen LogP contribution < -0.4 is 9.47 Å². The van der Waals surface area contributed by atoms with Gasteiger partial charge in [-0.1, -0.05) is 0 Å². The zero-order chi connectivity index (χ0) is 17.1. The van der Waals surface area contributed by atoms with Crippen LogP contribution in [0.25, 0.3) is 0 Å². The molecule has 0 spiro atoms. The fourth-order valence-corrected chi connectivity index (χ4v) is 3.27. The second-order valence-corrected chi connectivity index (χ2v) is 6.07. The van der Waals surface area contributed by atoms with Gasteiger partial charge in [0.2, 0.25) is 5.91 Å². The number of methoxy groups -OCH3 is 2. The number of carbonyl (C=O) groups excluding carboxylic acids is 1. The second kappa shape index (κ2) is 6.95. The van der Waals surface area contributed by atoms with Crippen LogP contribution in [0.5, 0.6) is 11.5 Å². The van der Waals surface area contributed by atoms with Gasteiger partial charge in [0.1, 0.15) is 18.0 Å². The van der Waals surface area contributed by atoms with Crippen molar-refractivity contribution in [3.05, 3.63) is 41.7 Å². The van der Waals surface area contributed by atoms with E-state index in [9.17, 15) is 4.79 Å². The molecule has 6 nitrogen and oxygen atoms in total. The van der Waals surface area contributed by atoms with E-state index in [1.807, 2.05) is 36.2 Å². The van der Waals surface area contributed by atoms with E-state index in [-0.39, 0.29) is 18.5 Å². The molecule has 0 radical (unpaired) electrons. The minimum Gasteiger partial charge on any atom is -0.497 e. The molecule has 128 valence electrons. The monoisotopic (exact) mass is 329 g/mol. The van der Waals surface area contributed by atoms with Gasteiger partial charge in [-0.05, 0) is 37.5 Å². The van der Waals surface area contributed by atoms with Crippen molar-refractivity contribution in [1.82, 2.24) is 14.7 Å². The van der Waals surface area contributed by atoms with E-state index < -0.39 is 0 Å². The highest BCUT2D eigenvalue weighted by molar-refractivity contribution is 5.77. The number of amides is 1. The van der Waals surface area contributed by atoms with E-state index in [2.05, 4.69) is 5.10 Å². The van der Waals surface area contributed by atoms with Crippen molar-refractivity contribution in [3.8, 4) is 11.5 Å². The van der Waals surface area contributed by atoms with Crippen molar-refractivity contribution >= 4 is 5.91 Å². The maximum Gasteiger partial charge on any atom is 0.244 e. The summed E-state index contributed by atoms with van der Waals surface area (Å²) in [7, 11) is 3.28. The Morgan fingerprint density at radius 3 is 2.83 bits per heavy atom. The van der Waals surface area contributed by atoms with E-state index in [1.165, 1.54) is 0 Å². The lowest BCUT2D eigenvalue weighted by molar-refractivity contribution is -0.133. The Morgan fingerprint density at radius 2 is 2.17 bits per heavy atom. The van der Waals surface area contributed by atoms with Crippen LogP contribution in [-0.2, 0) is 11.3 Å². The van der Waals surface area contributed by atoms with Gasteiger partial charge in [0.25, 0.3) is 0 Å². The number of nitrogens with zero attached hydrogens (tertiary/aromatic N) is 3. The van der Waals surface area contributed by atoms with Gasteiger partial charge in [-0.25, -0.2) is 0 Å². The molecule has 1 fully saturated rings. The number of benzene rings is 1. The summed E-state index contributed by atoms with van der Waals surface area (Å²) in [6.07, 6.45) is 5.58. The number of aryl methyl sites for hydroxylation is 1. The first-order valence-electron chi connectivity index (χ1n) is 8.13. The molecule has 1 aromatic carbocycles. The molecule has 1 atom stereocenters. The summed E-state index contributed by atoms with van der Waals surface area (Å²) < 4.78 is 12.5. The highest BCUT2D eigenvalue weighted by Crippen LogP contribution is 2.38. The molecule has 1 unspecified atom stereocenters. The predicted molar refractivity (Wildman–Crippen MR) is 90.2 cm³/mol. The highest BCUT2D eigenvalue weighted by Gasteiger charge is 2.32. The van der Waals surface area contributed by atoms with Crippen molar-refractivity contribution in [3.63, 3.8) is 0 Å². The lowest BCUT2D eigenvalue weighted by atomic mass is 10.0. The molecule has 1 aliphatic heterocycles. The Bertz CT molecular complexity index is 726. The number of aromatic nitrogens is 2. The smallest absolute Gasteiger partial charge is 0.244 e. The Labute approximate surface area is 142 Å². The van der Waals surface area contributed by atoms with Crippen LogP contribution in [0.4, 0.5) is 0 Å². The summed E-state index contributed by atoms with van der Waals surface area (Å²) in [5.41, 5.74) is 2.08. The van der Waals surface area contributed by atoms with Gasteiger partial charge < -0.3 is 14.4 Å². The summed E-state index contributed by atoms with van der Waals surface area (Å²) >= 11 is 0. The Hall–Kier alpha value is -2.50. The van der Waals surface area contributed by atoms with Crippen molar-refractivity contribution < 1.29 is 14.3 Å². The van der Waals surface area contributed by atoms with Gasteiger partial charge >= 0.3 is 0 Å². The summed E-state index contributed by atoms with van der Waals surface area (Å²) in [6, 6.07) is 5.81. The molecule has 0 bridgehead atoms. The molecular weight excluding hydrogens is 306 g/mol. The van der Waals surface area contributed by atoms with Gasteiger partial charge in [-0.2, -0.15) is 5.10 Å². The minimum absolute atomic E-state index is 0.0371. The second-order valence-electron chi connectivity index (χ2n) is 6.07. The van der Waals surface area contributed by atoms with Crippen molar-refractivity contribution in [2.45, 2.75) is 32.4 Å². The summed E-state index contributed by atoms with van der Waals surface area (Å²) in [4.78, 5) is 14.7. The zero-order valence-electron chi connectivity index (χ0n) is 14.4. The fraction of sp³-hybridized carbons (Fsp3) is 0.444. The Morgan fingerprint density at radius 1 is 1.33 bits per heavy atom. The van der Waals surface area contributed by atoms with Gasteiger partial charge in [0, 0.05) is 24.4 Å². The van der Waals surface area contributed by atoms with Crippen molar-refractivity contribution in [2.75, 3.05) is 20.8 Å². The quantitative estimate of drug-likeness (QED) is 0.846. The van der Waals surface area contributed by atoms with E-state index >= 15 is 0 Å². The molecule has 6 heteroatoms. The summed E-state index contributed by atoms with van der Waals surface area (Å²) in [5.74, 6) is 1.59. The van der Waals surface area contributed by atoms with E-state index in [4.69, 9.17) is 9.47 Å². The van der Waals surface area contributed by atoms with Crippen LogP contribution in [0.1, 0.15) is 30.0 Å². The molecule has 0 N–H and O–H groups in total. The number of hydrogen-bond acceptors (Lipinski definition) is 4. The van der Waals surface area contributed by atoms with Crippen LogP contribution in [0.2, 0.25) is 0 Å². The normalized spacial score (nSPS) is 17.1. The predicted octanol–water partition coefficient (Wildman–Crippen LogP) is 2.57. The average Bonchev–Trinajstić information content (AvgIpc) is 3.23.